The summed E-state index contributed by atoms with van der Waals surface area (Å²) in [5.74, 6) is 0. The first-order chi connectivity index (χ1) is 17.2. The zero-order valence-electron chi connectivity index (χ0n) is 22.0. The molecule has 1 aromatic carbocycles. The van der Waals surface area contributed by atoms with Crippen LogP contribution in [-0.2, 0) is 15.9 Å². The van der Waals surface area contributed by atoms with Crippen molar-refractivity contribution in [2.75, 3.05) is 46.8 Å². The standard InChI is InChI=1S/C19H32O5.C8H18O4/c1-2-19(14-21,11-16-7-4-3-5-8-16)15-24-13-18(23)10-6-9-17(22)12-20;1-12-6-8(11)4-2-3-7(10)5-9/h3-5,7-8,17-18,20-23H,2,6,9-15H2,1H3;7-11H,2-6H2,1H3. The maximum absolute atomic E-state index is 9.94. The van der Waals surface area contributed by atoms with Gasteiger partial charge in [0, 0.05) is 12.5 Å². The van der Waals surface area contributed by atoms with E-state index in [2.05, 4.69) is 0 Å². The Morgan fingerprint density at radius 3 is 1.69 bits per heavy atom. The average Bonchev–Trinajstić information content (AvgIpc) is 2.89. The minimum absolute atomic E-state index is 0.0389. The highest BCUT2D eigenvalue weighted by atomic mass is 16.5. The van der Waals surface area contributed by atoms with E-state index >= 15 is 0 Å². The third kappa shape index (κ3) is 17.3. The van der Waals surface area contributed by atoms with Gasteiger partial charge in [-0.15, -0.1) is 0 Å². The van der Waals surface area contributed by atoms with Gasteiger partial charge < -0.3 is 45.2 Å². The van der Waals surface area contributed by atoms with Gasteiger partial charge in [0.25, 0.3) is 0 Å². The predicted octanol–water partition coefficient (Wildman–Crippen LogP) is 1.04. The normalized spacial score (nSPS) is 16.4. The molecular formula is C27H50O9. The number of ether oxygens (including phenoxy) is 2. The van der Waals surface area contributed by atoms with E-state index in [0.29, 0.717) is 51.7 Å². The van der Waals surface area contributed by atoms with Crippen LogP contribution in [0.2, 0.25) is 0 Å². The molecule has 1 rings (SSSR count). The van der Waals surface area contributed by atoms with Crippen LogP contribution in [0.25, 0.3) is 0 Å². The zero-order valence-corrected chi connectivity index (χ0v) is 22.0. The van der Waals surface area contributed by atoms with Crippen LogP contribution in [0.5, 0.6) is 0 Å². The quantitative estimate of drug-likeness (QED) is 0.134. The Balaban J connectivity index is 0.000000860. The summed E-state index contributed by atoms with van der Waals surface area (Å²) in [5.41, 5.74) is 0.823. The molecule has 0 fully saturated rings. The molecule has 0 radical (unpaired) electrons. The second-order valence-corrected chi connectivity index (χ2v) is 9.49. The molecule has 9 heteroatoms. The Kier molecular flexibility index (Phi) is 21.2. The lowest BCUT2D eigenvalue weighted by atomic mass is 9.80. The van der Waals surface area contributed by atoms with E-state index in [1.807, 2.05) is 37.3 Å². The molecule has 0 saturated heterocycles. The number of aliphatic hydroxyl groups is 7. The van der Waals surface area contributed by atoms with Gasteiger partial charge in [-0.3, -0.25) is 0 Å². The summed E-state index contributed by atoms with van der Waals surface area (Å²) in [5, 5.41) is 64.4. The van der Waals surface area contributed by atoms with Gasteiger partial charge in [-0.25, -0.2) is 0 Å². The van der Waals surface area contributed by atoms with Crippen LogP contribution in [0, 0.1) is 5.41 Å². The van der Waals surface area contributed by atoms with Crippen molar-refractivity contribution >= 4 is 0 Å². The van der Waals surface area contributed by atoms with Crippen molar-refractivity contribution in [3.05, 3.63) is 35.9 Å². The van der Waals surface area contributed by atoms with Crippen molar-refractivity contribution in [2.45, 2.75) is 82.7 Å². The minimum atomic E-state index is -0.717. The molecule has 0 aliphatic carbocycles. The lowest BCUT2D eigenvalue weighted by Gasteiger charge is -2.31. The summed E-state index contributed by atoms with van der Waals surface area (Å²) in [7, 11) is 1.53. The molecule has 5 atom stereocenters. The third-order valence-corrected chi connectivity index (χ3v) is 6.16. The number of hydrogen-bond donors (Lipinski definition) is 7. The van der Waals surface area contributed by atoms with Crippen molar-refractivity contribution < 1.29 is 45.2 Å². The van der Waals surface area contributed by atoms with Crippen LogP contribution in [0.1, 0.15) is 57.4 Å². The summed E-state index contributed by atoms with van der Waals surface area (Å²) in [6, 6.07) is 10.0. The van der Waals surface area contributed by atoms with Crippen LogP contribution in [-0.4, -0.2) is 107 Å². The highest BCUT2D eigenvalue weighted by molar-refractivity contribution is 5.16. The molecule has 0 spiro atoms. The first-order valence-electron chi connectivity index (χ1n) is 12.9. The fourth-order valence-corrected chi connectivity index (χ4v) is 3.65. The summed E-state index contributed by atoms with van der Waals surface area (Å²) >= 11 is 0. The molecule has 0 saturated carbocycles. The second kappa shape index (κ2) is 21.9. The van der Waals surface area contributed by atoms with Crippen molar-refractivity contribution in [3.63, 3.8) is 0 Å². The molecular weight excluding hydrogens is 468 g/mol. The molecule has 0 aliphatic heterocycles. The first-order valence-corrected chi connectivity index (χ1v) is 12.9. The highest BCUT2D eigenvalue weighted by Crippen LogP contribution is 2.27. The summed E-state index contributed by atoms with van der Waals surface area (Å²) in [4.78, 5) is 0. The predicted molar refractivity (Wildman–Crippen MR) is 139 cm³/mol. The Morgan fingerprint density at radius 2 is 1.25 bits per heavy atom. The van der Waals surface area contributed by atoms with E-state index in [1.54, 1.807) is 0 Å². The molecule has 9 nitrogen and oxygen atoms in total. The van der Waals surface area contributed by atoms with Gasteiger partial charge in [-0.1, -0.05) is 37.3 Å². The SMILES string of the molecule is CCC(CO)(COCC(O)CCCC(O)CO)Cc1ccccc1.COCC(O)CCCC(O)CO. The second-order valence-electron chi connectivity index (χ2n) is 9.49. The first kappa shape index (κ1) is 34.9. The van der Waals surface area contributed by atoms with E-state index in [1.165, 1.54) is 7.11 Å². The van der Waals surface area contributed by atoms with Crippen molar-refractivity contribution in [2.24, 2.45) is 5.41 Å². The summed E-state index contributed by atoms with van der Waals surface area (Å²) < 4.78 is 10.4. The van der Waals surface area contributed by atoms with Crippen molar-refractivity contribution in [1.29, 1.82) is 0 Å². The molecule has 5 unspecified atom stereocenters. The Hall–Kier alpha value is -1.14. The van der Waals surface area contributed by atoms with E-state index in [0.717, 1.165) is 18.4 Å². The van der Waals surface area contributed by atoms with E-state index in [-0.39, 0.29) is 31.8 Å². The van der Waals surface area contributed by atoms with Crippen LogP contribution < -0.4 is 0 Å². The van der Waals surface area contributed by atoms with Crippen molar-refractivity contribution in [1.82, 2.24) is 0 Å². The average molecular weight is 519 g/mol. The zero-order chi connectivity index (χ0) is 27.2. The molecule has 7 N–H and O–H groups in total. The molecule has 0 aromatic heterocycles. The molecule has 0 bridgehead atoms. The number of hydrogen-bond acceptors (Lipinski definition) is 9. The highest BCUT2D eigenvalue weighted by Gasteiger charge is 2.28. The molecule has 36 heavy (non-hydrogen) atoms. The Morgan fingerprint density at radius 1 is 0.750 bits per heavy atom. The molecule has 1 aromatic rings. The Labute approximate surface area is 216 Å². The fourth-order valence-electron chi connectivity index (χ4n) is 3.65. The molecule has 0 amide bonds. The van der Waals surface area contributed by atoms with Crippen LogP contribution >= 0.6 is 0 Å². The van der Waals surface area contributed by atoms with Crippen LogP contribution in [0.4, 0.5) is 0 Å². The van der Waals surface area contributed by atoms with Crippen LogP contribution in [0.3, 0.4) is 0 Å². The maximum atomic E-state index is 9.94. The van der Waals surface area contributed by atoms with E-state index < -0.39 is 24.4 Å². The van der Waals surface area contributed by atoms with Gasteiger partial charge in [0.1, 0.15) is 0 Å². The lowest BCUT2D eigenvalue weighted by molar-refractivity contribution is -0.0325. The van der Waals surface area contributed by atoms with Gasteiger partial charge >= 0.3 is 0 Å². The van der Waals surface area contributed by atoms with Gasteiger partial charge in [-0.2, -0.15) is 0 Å². The third-order valence-electron chi connectivity index (χ3n) is 6.16. The molecule has 0 heterocycles. The van der Waals surface area contributed by atoms with E-state index in [4.69, 9.17) is 29.9 Å². The maximum Gasteiger partial charge on any atom is 0.0773 e. The lowest BCUT2D eigenvalue weighted by Crippen LogP contribution is -2.34. The summed E-state index contributed by atoms with van der Waals surface area (Å²) in [6.45, 7) is 2.56. The number of methoxy groups -OCH3 is 1. The Bertz CT molecular complexity index is 598. The minimum Gasteiger partial charge on any atom is -0.396 e. The number of benzene rings is 1. The van der Waals surface area contributed by atoms with Gasteiger partial charge in [0.05, 0.1) is 64.1 Å². The largest absolute Gasteiger partial charge is 0.396 e. The molecule has 0 aliphatic rings. The molecule has 212 valence electrons. The topological polar surface area (TPSA) is 160 Å². The van der Waals surface area contributed by atoms with Gasteiger partial charge in [-0.05, 0) is 56.9 Å². The van der Waals surface area contributed by atoms with Crippen LogP contribution in [0.15, 0.2) is 30.3 Å². The van der Waals surface area contributed by atoms with E-state index in [9.17, 15) is 15.3 Å². The smallest absolute Gasteiger partial charge is 0.0773 e. The van der Waals surface area contributed by atoms with Crippen molar-refractivity contribution in [3.8, 4) is 0 Å². The monoisotopic (exact) mass is 518 g/mol. The fraction of sp³-hybridized carbons (Fsp3) is 0.778. The van der Waals surface area contributed by atoms with Gasteiger partial charge in [0.2, 0.25) is 0 Å². The summed E-state index contributed by atoms with van der Waals surface area (Å²) in [6.07, 6.45) is 2.55. The number of aliphatic hydroxyl groups excluding tert-OH is 7. The van der Waals surface area contributed by atoms with Gasteiger partial charge in [0.15, 0.2) is 0 Å². The number of rotatable bonds is 20.